The minimum Gasteiger partial charge on any atom is -0.474 e. The van der Waals surface area contributed by atoms with Crippen molar-refractivity contribution < 1.29 is 4.74 Å². The summed E-state index contributed by atoms with van der Waals surface area (Å²) in [6.07, 6.45) is 5.93. The van der Waals surface area contributed by atoms with E-state index < -0.39 is 0 Å². The highest BCUT2D eigenvalue weighted by molar-refractivity contribution is 6.29. The first-order chi connectivity index (χ1) is 19.3. The quantitative estimate of drug-likeness (QED) is 0.290. The van der Waals surface area contributed by atoms with Crippen molar-refractivity contribution in [3.63, 3.8) is 0 Å². The summed E-state index contributed by atoms with van der Waals surface area (Å²) in [6.45, 7) is 8.67. The molecule has 4 aromatic heterocycles. The minimum absolute atomic E-state index is 0.121. The summed E-state index contributed by atoms with van der Waals surface area (Å²) in [4.78, 5) is 22.5. The molecular weight excluding hydrogens is 528 g/mol. The van der Waals surface area contributed by atoms with E-state index in [0.29, 0.717) is 29.2 Å². The third kappa shape index (κ3) is 6.26. The number of rotatable bonds is 9. The topological polar surface area (TPSA) is 123 Å². The molecule has 1 saturated heterocycles. The van der Waals surface area contributed by atoms with Gasteiger partial charge in [-0.3, -0.25) is 4.98 Å². The molecule has 0 radical (unpaired) electrons. The van der Waals surface area contributed by atoms with Crippen LogP contribution in [-0.2, 0) is 7.05 Å². The molecule has 210 valence electrons. The second-order valence-electron chi connectivity index (χ2n) is 10.1. The number of pyridine rings is 2. The third-order valence-corrected chi connectivity index (χ3v) is 7.22. The van der Waals surface area contributed by atoms with Crippen LogP contribution >= 0.6 is 11.6 Å². The number of nitrogens with zero attached hydrogens (tertiary/aromatic N) is 8. The van der Waals surface area contributed by atoms with Crippen LogP contribution in [0.2, 0.25) is 5.15 Å². The zero-order valence-electron chi connectivity index (χ0n) is 23.3. The maximum absolute atomic E-state index is 6.33. The van der Waals surface area contributed by atoms with Gasteiger partial charge in [0.15, 0.2) is 5.82 Å². The first kappa shape index (κ1) is 27.6. The lowest BCUT2D eigenvalue weighted by molar-refractivity contribution is 0.198. The Hall–Kier alpha value is -3.96. The monoisotopic (exact) mass is 562 g/mol. The summed E-state index contributed by atoms with van der Waals surface area (Å²) >= 11 is 6.26. The van der Waals surface area contributed by atoms with Gasteiger partial charge >= 0.3 is 0 Å². The summed E-state index contributed by atoms with van der Waals surface area (Å²) in [5, 5.41) is 8.43. The molecule has 5 rings (SSSR count). The molecule has 3 N–H and O–H groups in total. The lowest BCUT2D eigenvalue weighted by atomic mass is 10.1. The van der Waals surface area contributed by atoms with E-state index in [9.17, 15) is 0 Å². The predicted molar refractivity (Wildman–Crippen MR) is 159 cm³/mol. The molecule has 0 aliphatic carbocycles. The number of nitrogens with one attached hydrogen (secondary N) is 1. The number of likely N-dealkylation sites (N-methyl/N-ethyl adjacent to an activating group) is 1. The molecule has 0 aromatic carbocycles. The molecule has 0 bridgehead atoms. The largest absolute Gasteiger partial charge is 0.474 e. The Morgan fingerprint density at radius 3 is 2.60 bits per heavy atom. The zero-order chi connectivity index (χ0) is 28.2. The summed E-state index contributed by atoms with van der Waals surface area (Å²) in [5.74, 6) is 1.49. The molecule has 11 nitrogen and oxygen atoms in total. The maximum Gasteiger partial charge on any atom is 0.223 e. The average molecular weight is 563 g/mol. The van der Waals surface area contributed by atoms with Gasteiger partial charge in [-0.15, -0.1) is 0 Å². The normalized spacial score (nSPS) is 14.8. The standard InChI is InChI=1S/C28H35ClN10O/c1-18(40-28-26(19(2)36-38(28)4)27-32-10-8-25(30)35-27)7-9-31-23-15-24(29)34-17-21(23)22-6-5-20(16-33-22)39-13-11-37(3)12-14-39/h5-6,8,10,15-18H,7,9,11-14H2,1-4H3,(H,31,34)(H2,30,32,35)/t18-/m0/s1. The zero-order valence-corrected chi connectivity index (χ0v) is 24.1. The van der Waals surface area contributed by atoms with Gasteiger partial charge in [-0.1, -0.05) is 11.6 Å². The fourth-order valence-corrected chi connectivity index (χ4v) is 4.92. The van der Waals surface area contributed by atoms with Crippen molar-refractivity contribution in [1.82, 2.24) is 34.6 Å². The van der Waals surface area contributed by atoms with Crippen LogP contribution in [0.3, 0.4) is 0 Å². The number of aromatic nitrogens is 6. The van der Waals surface area contributed by atoms with E-state index in [0.717, 1.165) is 66.5 Å². The summed E-state index contributed by atoms with van der Waals surface area (Å²) in [5.41, 5.74) is 11.1. The minimum atomic E-state index is -0.121. The van der Waals surface area contributed by atoms with Gasteiger partial charge < -0.3 is 25.6 Å². The second kappa shape index (κ2) is 12.1. The summed E-state index contributed by atoms with van der Waals surface area (Å²) in [7, 11) is 4.00. The molecule has 1 aliphatic rings. The Labute approximate surface area is 239 Å². The number of hydrogen-bond acceptors (Lipinski definition) is 10. The maximum atomic E-state index is 6.33. The van der Waals surface area contributed by atoms with Crippen molar-refractivity contribution in [2.24, 2.45) is 7.05 Å². The molecular formula is C28H35ClN10O. The number of hydrogen-bond donors (Lipinski definition) is 2. The Morgan fingerprint density at radius 2 is 1.88 bits per heavy atom. The molecule has 0 unspecified atom stereocenters. The highest BCUT2D eigenvalue weighted by Crippen LogP contribution is 2.32. The van der Waals surface area contributed by atoms with Gasteiger partial charge in [0, 0.05) is 69.8 Å². The van der Waals surface area contributed by atoms with Gasteiger partial charge in [0.05, 0.1) is 29.4 Å². The van der Waals surface area contributed by atoms with Crippen molar-refractivity contribution in [2.45, 2.75) is 26.4 Å². The van der Waals surface area contributed by atoms with E-state index in [1.54, 1.807) is 23.1 Å². The number of aryl methyl sites for hydroxylation is 2. The number of anilines is 3. The molecule has 1 aliphatic heterocycles. The molecule has 1 fully saturated rings. The second-order valence-corrected chi connectivity index (χ2v) is 10.5. The fourth-order valence-electron chi connectivity index (χ4n) is 4.76. The van der Waals surface area contributed by atoms with E-state index in [1.165, 1.54) is 0 Å². The van der Waals surface area contributed by atoms with Crippen LogP contribution in [0.25, 0.3) is 22.6 Å². The lowest BCUT2D eigenvalue weighted by Gasteiger charge is -2.33. The number of nitrogens with two attached hydrogens (primary N) is 1. The molecule has 0 saturated carbocycles. The molecule has 4 aromatic rings. The van der Waals surface area contributed by atoms with Crippen LogP contribution in [0.1, 0.15) is 19.0 Å². The van der Waals surface area contributed by atoms with Gasteiger partial charge in [0.25, 0.3) is 0 Å². The van der Waals surface area contributed by atoms with E-state index >= 15 is 0 Å². The van der Waals surface area contributed by atoms with Crippen LogP contribution in [0, 0.1) is 6.92 Å². The van der Waals surface area contributed by atoms with Crippen molar-refractivity contribution in [3.05, 3.63) is 53.7 Å². The lowest BCUT2D eigenvalue weighted by Crippen LogP contribution is -2.44. The smallest absolute Gasteiger partial charge is 0.223 e. The molecule has 0 spiro atoms. The Balaban J connectivity index is 1.25. The molecule has 12 heteroatoms. The Bertz CT molecular complexity index is 1450. The molecule has 1 atom stereocenters. The SMILES string of the molecule is Cc1nn(C)c(O[C@@H](C)CCNc2cc(Cl)ncc2-c2ccc(N3CCN(C)CC3)cn2)c1-c1nccc(N)n1. The van der Waals surface area contributed by atoms with Crippen LogP contribution in [0.15, 0.2) is 42.9 Å². The summed E-state index contributed by atoms with van der Waals surface area (Å²) < 4.78 is 8.03. The van der Waals surface area contributed by atoms with Crippen LogP contribution in [0.4, 0.5) is 17.2 Å². The molecule has 5 heterocycles. The molecule has 40 heavy (non-hydrogen) atoms. The highest BCUT2D eigenvalue weighted by Gasteiger charge is 2.21. The van der Waals surface area contributed by atoms with Gasteiger partial charge in [0.2, 0.25) is 5.88 Å². The predicted octanol–water partition coefficient (Wildman–Crippen LogP) is 3.90. The van der Waals surface area contributed by atoms with Gasteiger partial charge in [-0.2, -0.15) is 5.10 Å². The number of ether oxygens (including phenoxy) is 1. The van der Waals surface area contributed by atoms with Crippen molar-refractivity contribution in [1.29, 1.82) is 0 Å². The number of piperazine rings is 1. The van der Waals surface area contributed by atoms with E-state index in [2.05, 4.69) is 48.3 Å². The average Bonchev–Trinajstić information content (AvgIpc) is 3.21. The van der Waals surface area contributed by atoms with Gasteiger partial charge in [-0.05, 0) is 45.2 Å². The van der Waals surface area contributed by atoms with Crippen LogP contribution in [-0.4, -0.2) is 80.5 Å². The van der Waals surface area contributed by atoms with Crippen LogP contribution in [0.5, 0.6) is 5.88 Å². The number of halogens is 1. The van der Waals surface area contributed by atoms with Crippen LogP contribution < -0.4 is 20.7 Å². The fraction of sp³-hybridized carbons (Fsp3) is 0.393. The Kier molecular flexibility index (Phi) is 8.32. The Morgan fingerprint density at radius 1 is 1.07 bits per heavy atom. The van der Waals surface area contributed by atoms with Crippen molar-refractivity contribution in [2.75, 3.05) is 55.7 Å². The van der Waals surface area contributed by atoms with Crippen molar-refractivity contribution >= 4 is 28.8 Å². The van der Waals surface area contributed by atoms with E-state index in [4.69, 9.17) is 27.1 Å². The molecule has 0 amide bonds. The van der Waals surface area contributed by atoms with Crippen molar-refractivity contribution in [3.8, 4) is 28.5 Å². The number of nitrogen functional groups attached to an aromatic ring is 1. The van der Waals surface area contributed by atoms with Gasteiger partial charge in [-0.25, -0.2) is 19.6 Å². The highest BCUT2D eigenvalue weighted by atomic mass is 35.5. The first-order valence-corrected chi connectivity index (χ1v) is 13.7. The van der Waals surface area contributed by atoms with Gasteiger partial charge in [0.1, 0.15) is 16.5 Å². The van der Waals surface area contributed by atoms with E-state index in [-0.39, 0.29) is 6.10 Å². The first-order valence-electron chi connectivity index (χ1n) is 13.4. The van der Waals surface area contributed by atoms with E-state index in [1.807, 2.05) is 39.2 Å². The summed E-state index contributed by atoms with van der Waals surface area (Å²) in [6, 6.07) is 7.65. The third-order valence-electron chi connectivity index (χ3n) is 7.01.